The molecule has 2 amide bonds. The Balaban J connectivity index is 1.22. The minimum Gasteiger partial charge on any atom is -0.489 e. The van der Waals surface area contributed by atoms with Crippen molar-refractivity contribution < 1.29 is 14.3 Å². The third kappa shape index (κ3) is 7.47. The molecule has 0 aliphatic heterocycles. The summed E-state index contributed by atoms with van der Waals surface area (Å²) in [6, 6.07) is 34.0. The number of anilines is 2. The molecule has 0 atom stereocenters. The summed E-state index contributed by atoms with van der Waals surface area (Å²) in [6.07, 6.45) is 0. The highest BCUT2D eigenvalue weighted by Crippen LogP contribution is 2.19. The molecule has 176 valence electrons. The lowest BCUT2D eigenvalue weighted by Crippen LogP contribution is -2.23. The molecule has 0 saturated heterocycles. The standard InChI is InChI=1S/C29H27N3O3/c33-28(32-26-12-7-13-27(18-26)35-21-23-10-5-2-6-11-23)20-30-25-16-14-24(15-17-25)29(34)31-19-22-8-3-1-4-9-22/h1-18,30H,19-21H2,(H,31,34)(H,32,33). The van der Waals surface area contributed by atoms with Crippen molar-refractivity contribution in [2.75, 3.05) is 17.2 Å². The summed E-state index contributed by atoms with van der Waals surface area (Å²) in [7, 11) is 0. The Morgan fingerprint density at radius 1 is 0.686 bits per heavy atom. The lowest BCUT2D eigenvalue weighted by Gasteiger charge is -2.11. The monoisotopic (exact) mass is 465 g/mol. The lowest BCUT2D eigenvalue weighted by molar-refractivity contribution is -0.114. The molecule has 4 aromatic rings. The number of amides is 2. The Morgan fingerprint density at radius 2 is 1.37 bits per heavy atom. The van der Waals surface area contributed by atoms with Crippen molar-refractivity contribution in [2.24, 2.45) is 0 Å². The molecule has 0 heterocycles. The fraction of sp³-hybridized carbons (Fsp3) is 0.103. The highest BCUT2D eigenvalue weighted by atomic mass is 16.5. The summed E-state index contributed by atoms with van der Waals surface area (Å²) in [6.45, 7) is 1.02. The number of carbonyl (C=O) groups excluding carboxylic acids is 2. The Kier molecular flexibility index (Phi) is 8.11. The Hall–Kier alpha value is -4.58. The van der Waals surface area contributed by atoms with Crippen LogP contribution in [0.15, 0.2) is 109 Å². The second-order valence-electron chi connectivity index (χ2n) is 7.95. The quantitative estimate of drug-likeness (QED) is 0.299. The van der Waals surface area contributed by atoms with Gasteiger partial charge in [0.2, 0.25) is 5.91 Å². The highest BCUT2D eigenvalue weighted by Gasteiger charge is 2.07. The van der Waals surface area contributed by atoms with Gasteiger partial charge >= 0.3 is 0 Å². The van der Waals surface area contributed by atoms with E-state index >= 15 is 0 Å². The van der Waals surface area contributed by atoms with Crippen LogP contribution in [-0.4, -0.2) is 18.4 Å². The first-order valence-electron chi connectivity index (χ1n) is 11.4. The van der Waals surface area contributed by atoms with Crippen LogP contribution in [0.4, 0.5) is 11.4 Å². The van der Waals surface area contributed by atoms with Crippen LogP contribution in [-0.2, 0) is 17.9 Å². The molecule has 3 N–H and O–H groups in total. The number of benzene rings is 4. The topological polar surface area (TPSA) is 79.5 Å². The second-order valence-corrected chi connectivity index (χ2v) is 7.95. The first-order chi connectivity index (χ1) is 17.2. The van der Waals surface area contributed by atoms with Crippen molar-refractivity contribution in [3.63, 3.8) is 0 Å². The third-order valence-electron chi connectivity index (χ3n) is 5.26. The zero-order valence-corrected chi connectivity index (χ0v) is 19.2. The molecule has 6 nitrogen and oxygen atoms in total. The fourth-order valence-corrected chi connectivity index (χ4v) is 3.41. The van der Waals surface area contributed by atoms with Crippen molar-refractivity contribution in [2.45, 2.75) is 13.2 Å². The predicted molar refractivity (Wildman–Crippen MR) is 138 cm³/mol. The maximum absolute atomic E-state index is 12.4. The summed E-state index contributed by atoms with van der Waals surface area (Å²) in [4.78, 5) is 24.7. The number of carbonyl (C=O) groups is 2. The molecule has 0 spiro atoms. The van der Waals surface area contributed by atoms with E-state index in [1.54, 1.807) is 30.3 Å². The number of ether oxygens (including phenoxy) is 1. The minimum atomic E-state index is -0.185. The van der Waals surface area contributed by atoms with Crippen LogP contribution < -0.4 is 20.7 Å². The van der Waals surface area contributed by atoms with E-state index in [1.807, 2.05) is 78.9 Å². The van der Waals surface area contributed by atoms with E-state index in [1.165, 1.54) is 0 Å². The third-order valence-corrected chi connectivity index (χ3v) is 5.26. The number of nitrogens with one attached hydrogen (secondary N) is 3. The predicted octanol–water partition coefficient (Wildman–Crippen LogP) is 5.25. The smallest absolute Gasteiger partial charge is 0.251 e. The normalized spacial score (nSPS) is 10.3. The van der Waals surface area contributed by atoms with Gasteiger partial charge in [-0.2, -0.15) is 0 Å². The molecule has 0 unspecified atom stereocenters. The van der Waals surface area contributed by atoms with Crippen LogP contribution >= 0.6 is 0 Å². The fourth-order valence-electron chi connectivity index (χ4n) is 3.41. The summed E-state index contributed by atoms with van der Waals surface area (Å²) in [5.74, 6) is 0.350. The summed E-state index contributed by atoms with van der Waals surface area (Å²) in [5, 5.41) is 8.84. The Morgan fingerprint density at radius 3 is 2.09 bits per heavy atom. The van der Waals surface area contributed by atoms with Gasteiger partial charge in [-0.25, -0.2) is 0 Å². The van der Waals surface area contributed by atoms with E-state index in [4.69, 9.17) is 4.74 Å². The molecule has 4 aromatic carbocycles. The van der Waals surface area contributed by atoms with Crippen molar-refractivity contribution in [3.05, 3.63) is 126 Å². The first-order valence-corrected chi connectivity index (χ1v) is 11.4. The minimum absolute atomic E-state index is 0.0919. The SMILES string of the molecule is O=C(CNc1ccc(C(=O)NCc2ccccc2)cc1)Nc1cccc(OCc2ccccc2)c1. The molecule has 0 aromatic heterocycles. The van der Waals surface area contributed by atoms with E-state index in [2.05, 4.69) is 16.0 Å². The van der Waals surface area contributed by atoms with Crippen LogP contribution in [0.25, 0.3) is 0 Å². The molecule has 35 heavy (non-hydrogen) atoms. The van der Waals surface area contributed by atoms with Crippen LogP contribution in [0.5, 0.6) is 5.75 Å². The van der Waals surface area contributed by atoms with Crippen LogP contribution in [0, 0.1) is 0 Å². The van der Waals surface area contributed by atoms with Gasteiger partial charge in [-0.15, -0.1) is 0 Å². The largest absolute Gasteiger partial charge is 0.489 e. The van der Waals surface area contributed by atoms with Gasteiger partial charge < -0.3 is 20.7 Å². The molecule has 0 saturated carbocycles. The summed E-state index contributed by atoms with van der Waals surface area (Å²) in [5.41, 5.74) is 4.08. The van der Waals surface area contributed by atoms with Gasteiger partial charge in [-0.3, -0.25) is 9.59 Å². The van der Waals surface area contributed by atoms with E-state index in [-0.39, 0.29) is 18.4 Å². The van der Waals surface area contributed by atoms with Crippen LogP contribution in [0.1, 0.15) is 21.5 Å². The van der Waals surface area contributed by atoms with E-state index in [9.17, 15) is 9.59 Å². The van der Waals surface area contributed by atoms with Gasteiger partial charge in [-0.05, 0) is 47.5 Å². The number of hydrogen-bond acceptors (Lipinski definition) is 4. The van der Waals surface area contributed by atoms with Gasteiger partial charge in [0, 0.05) is 29.5 Å². The van der Waals surface area contributed by atoms with E-state index in [0.717, 1.165) is 16.8 Å². The van der Waals surface area contributed by atoms with E-state index < -0.39 is 0 Å². The second kappa shape index (κ2) is 12.0. The Bertz CT molecular complexity index is 1240. The van der Waals surface area contributed by atoms with E-state index in [0.29, 0.717) is 30.2 Å². The van der Waals surface area contributed by atoms with Crippen molar-refractivity contribution in [1.29, 1.82) is 0 Å². The number of hydrogen-bond donors (Lipinski definition) is 3. The van der Waals surface area contributed by atoms with Crippen molar-refractivity contribution in [3.8, 4) is 5.75 Å². The molecule has 0 radical (unpaired) electrons. The van der Waals surface area contributed by atoms with Gasteiger partial charge in [0.05, 0.1) is 6.54 Å². The summed E-state index contributed by atoms with van der Waals surface area (Å²) < 4.78 is 5.82. The van der Waals surface area contributed by atoms with Gasteiger partial charge in [0.1, 0.15) is 12.4 Å². The Labute approximate surface area is 205 Å². The molecule has 0 aliphatic carbocycles. The molecule has 0 aliphatic rings. The lowest BCUT2D eigenvalue weighted by atomic mass is 10.1. The molecule has 4 rings (SSSR count). The maximum atomic E-state index is 12.4. The highest BCUT2D eigenvalue weighted by molar-refractivity contribution is 5.95. The maximum Gasteiger partial charge on any atom is 0.251 e. The van der Waals surface area contributed by atoms with Crippen molar-refractivity contribution >= 4 is 23.2 Å². The zero-order chi connectivity index (χ0) is 24.3. The molecular formula is C29H27N3O3. The summed E-state index contributed by atoms with van der Waals surface area (Å²) >= 11 is 0. The molecular weight excluding hydrogens is 438 g/mol. The zero-order valence-electron chi connectivity index (χ0n) is 19.2. The molecule has 0 fully saturated rings. The van der Waals surface area contributed by atoms with Gasteiger partial charge in [-0.1, -0.05) is 66.7 Å². The van der Waals surface area contributed by atoms with Gasteiger partial charge in [0.25, 0.3) is 5.91 Å². The first kappa shape index (κ1) is 23.6. The molecule has 0 bridgehead atoms. The average Bonchev–Trinajstić information content (AvgIpc) is 2.91. The van der Waals surface area contributed by atoms with Crippen LogP contribution in [0.3, 0.4) is 0 Å². The number of rotatable bonds is 10. The molecule has 6 heteroatoms. The van der Waals surface area contributed by atoms with Gasteiger partial charge in [0.15, 0.2) is 0 Å². The average molecular weight is 466 g/mol. The van der Waals surface area contributed by atoms with Crippen molar-refractivity contribution in [1.82, 2.24) is 5.32 Å². The van der Waals surface area contributed by atoms with Crippen LogP contribution in [0.2, 0.25) is 0 Å².